The number of nitrogens with one attached hydrogen (secondary N) is 1. The molecule has 0 spiro atoms. The Morgan fingerprint density at radius 2 is 1.55 bits per heavy atom. The molecule has 4 heteroatoms. The van der Waals surface area contributed by atoms with Gasteiger partial charge in [-0.3, -0.25) is 0 Å². The van der Waals surface area contributed by atoms with Crippen LogP contribution in [0.25, 0.3) is 0 Å². The van der Waals surface area contributed by atoms with Crippen LogP contribution in [0.15, 0.2) is 23.3 Å². The summed E-state index contributed by atoms with van der Waals surface area (Å²) < 4.78 is 0. The summed E-state index contributed by atoms with van der Waals surface area (Å²) >= 11 is 0. The van der Waals surface area contributed by atoms with Crippen LogP contribution in [0.3, 0.4) is 0 Å². The Balaban J connectivity index is 1.66. The number of rotatable bonds is 11. The molecular formula is C29H51N2O2+. The first kappa shape index (κ1) is 26.5. The molecule has 2 aliphatic heterocycles. The molecule has 0 saturated carbocycles. The summed E-state index contributed by atoms with van der Waals surface area (Å²) in [7, 11) is 0. The van der Waals surface area contributed by atoms with E-state index in [4.69, 9.17) is 5.73 Å². The van der Waals surface area contributed by atoms with E-state index in [2.05, 4.69) is 12.2 Å². The van der Waals surface area contributed by atoms with Gasteiger partial charge in [-0.1, -0.05) is 82.3 Å². The van der Waals surface area contributed by atoms with Crippen molar-refractivity contribution in [3.8, 4) is 0 Å². The maximum atomic E-state index is 12.3. The lowest BCUT2D eigenvalue weighted by Gasteiger charge is -2.47. The van der Waals surface area contributed by atoms with Crippen LogP contribution in [0, 0.1) is 11.3 Å². The first-order valence-corrected chi connectivity index (χ1v) is 14.3. The van der Waals surface area contributed by atoms with Crippen LogP contribution in [-0.2, 0) is 4.79 Å². The fourth-order valence-electron chi connectivity index (χ4n) is 6.79. The van der Waals surface area contributed by atoms with Crippen molar-refractivity contribution in [1.29, 1.82) is 0 Å². The third-order valence-corrected chi connectivity index (χ3v) is 8.59. The molecule has 3 atom stereocenters. The molecule has 0 aromatic rings. The van der Waals surface area contributed by atoms with E-state index in [1.54, 1.807) is 4.90 Å². The zero-order chi connectivity index (χ0) is 23.4. The molecule has 188 valence electrons. The van der Waals surface area contributed by atoms with Crippen LogP contribution in [0.5, 0.6) is 0 Å². The smallest absolute Gasteiger partial charge is 0.331 e. The van der Waals surface area contributed by atoms with Gasteiger partial charge >= 0.3 is 5.97 Å². The summed E-state index contributed by atoms with van der Waals surface area (Å²) in [6.45, 7) is 4.38. The Bertz CT molecular complexity index is 656. The summed E-state index contributed by atoms with van der Waals surface area (Å²) in [4.78, 5) is 14.0. The maximum absolute atomic E-state index is 12.3. The molecule has 3 rings (SSSR count). The summed E-state index contributed by atoms with van der Waals surface area (Å²) in [5.41, 5.74) is 7.71. The number of hydrogen-bond acceptors (Lipinski definition) is 2. The van der Waals surface area contributed by atoms with Crippen molar-refractivity contribution in [1.82, 2.24) is 0 Å². The van der Waals surface area contributed by atoms with Crippen LogP contribution in [0.1, 0.15) is 116 Å². The molecule has 3 aliphatic rings. The van der Waals surface area contributed by atoms with E-state index in [1.165, 1.54) is 108 Å². The highest BCUT2D eigenvalue weighted by Crippen LogP contribution is 2.46. The zero-order valence-electron chi connectivity index (χ0n) is 21.2. The SMILES string of the molecule is NCCCCCCCCCC[C@]12C=C3C=C(C(=O)O)[C@H]1CC[NH+](CCCCCCCCC3)C2. The number of unbranched alkanes of at least 4 members (excludes halogenated alkanes) is 7. The van der Waals surface area contributed by atoms with Gasteiger partial charge in [-0.15, -0.1) is 0 Å². The van der Waals surface area contributed by atoms with Crippen LogP contribution >= 0.6 is 0 Å². The van der Waals surface area contributed by atoms with Gasteiger partial charge in [-0.05, 0) is 51.1 Å². The fourth-order valence-corrected chi connectivity index (χ4v) is 6.79. The predicted molar refractivity (Wildman–Crippen MR) is 137 cm³/mol. The van der Waals surface area contributed by atoms with Crippen LogP contribution in [0.4, 0.5) is 0 Å². The normalized spacial score (nSPS) is 28.6. The van der Waals surface area contributed by atoms with Crippen molar-refractivity contribution in [2.24, 2.45) is 17.1 Å². The Kier molecular flexibility index (Phi) is 11.5. The van der Waals surface area contributed by atoms with E-state index < -0.39 is 5.97 Å². The number of quaternary nitrogens is 1. The van der Waals surface area contributed by atoms with E-state index in [0.717, 1.165) is 44.5 Å². The van der Waals surface area contributed by atoms with Crippen LogP contribution < -0.4 is 10.6 Å². The first-order valence-electron chi connectivity index (χ1n) is 14.3. The van der Waals surface area contributed by atoms with Gasteiger partial charge in [-0.2, -0.15) is 0 Å². The van der Waals surface area contributed by atoms with Gasteiger partial charge in [0.2, 0.25) is 0 Å². The maximum Gasteiger partial charge on any atom is 0.331 e. The standard InChI is InChI=1S/C29H50N2O2/c30-19-14-10-6-2-1-5-9-13-18-29-23-25-16-12-8-4-3-7-11-15-20-31(24-29)21-17-27(29)26(22-25)28(32)33/h22-23,27H,1-21,24,30H2,(H,32,33)/p+1/t27-,29-/m1/s1. The molecular weight excluding hydrogens is 408 g/mol. The lowest BCUT2D eigenvalue weighted by atomic mass is 9.61. The number of nitrogens with two attached hydrogens (primary N) is 1. The second-order valence-corrected chi connectivity index (χ2v) is 11.2. The van der Waals surface area contributed by atoms with Crippen molar-refractivity contribution >= 4 is 5.97 Å². The quantitative estimate of drug-likeness (QED) is 0.361. The Hall–Kier alpha value is -1.13. The minimum absolute atomic E-state index is 0.0661. The molecule has 0 aromatic carbocycles. The van der Waals surface area contributed by atoms with Gasteiger partial charge in [0, 0.05) is 23.3 Å². The molecule has 1 fully saturated rings. The van der Waals surface area contributed by atoms with Gasteiger partial charge < -0.3 is 15.7 Å². The fraction of sp³-hybridized carbons (Fsp3) is 0.828. The molecule has 1 aliphatic carbocycles. The summed E-state index contributed by atoms with van der Waals surface area (Å²) in [6.07, 6.45) is 27.5. The van der Waals surface area contributed by atoms with Gasteiger partial charge in [0.1, 0.15) is 0 Å². The van der Waals surface area contributed by atoms with Crippen molar-refractivity contribution in [3.63, 3.8) is 0 Å². The van der Waals surface area contributed by atoms with Crippen molar-refractivity contribution in [2.75, 3.05) is 26.2 Å². The zero-order valence-corrected chi connectivity index (χ0v) is 21.2. The first-order chi connectivity index (χ1) is 16.1. The summed E-state index contributed by atoms with van der Waals surface area (Å²) in [5.74, 6) is -0.455. The van der Waals surface area contributed by atoms with E-state index in [-0.39, 0.29) is 11.3 Å². The third kappa shape index (κ3) is 8.24. The average molecular weight is 460 g/mol. The second kappa shape index (κ2) is 14.3. The molecule has 2 heterocycles. The second-order valence-electron chi connectivity index (χ2n) is 11.2. The van der Waals surface area contributed by atoms with Crippen LogP contribution in [-0.4, -0.2) is 37.3 Å². The van der Waals surface area contributed by atoms with Gasteiger partial charge in [0.25, 0.3) is 0 Å². The molecule has 4 N–H and O–H groups in total. The van der Waals surface area contributed by atoms with Crippen molar-refractivity contribution in [2.45, 2.75) is 116 Å². The van der Waals surface area contributed by atoms with Crippen molar-refractivity contribution in [3.05, 3.63) is 23.3 Å². The Labute approximate surface area is 203 Å². The highest BCUT2D eigenvalue weighted by molar-refractivity contribution is 5.88. The van der Waals surface area contributed by atoms with Gasteiger partial charge in [0.15, 0.2) is 0 Å². The molecule has 0 amide bonds. The minimum Gasteiger partial charge on any atom is -0.478 e. The summed E-state index contributed by atoms with van der Waals surface area (Å²) in [6, 6.07) is 0. The minimum atomic E-state index is -0.669. The Morgan fingerprint density at radius 1 is 0.909 bits per heavy atom. The molecule has 4 nitrogen and oxygen atoms in total. The number of allylic oxidation sites excluding steroid dienone is 2. The van der Waals surface area contributed by atoms with E-state index in [1.807, 2.05) is 0 Å². The largest absolute Gasteiger partial charge is 0.478 e. The van der Waals surface area contributed by atoms with Gasteiger partial charge in [-0.25, -0.2) is 4.79 Å². The number of carboxylic acids is 1. The van der Waals surface area contributed by atoms with E-state index in [0.29, 0.717) is 0 Å². The monoisotopic (exact) mass is 459 g/mol. The lowest BCUT2D eigenvalue weighted by molar-refractivity contribution is -0.913. The molecule has 33 heavy (non-hydrogen) atoms. The predicted octanol–water partition coefficient (Wildman–Crippen LogP) is 5.43. The number of piperidine rings is 1. The molecule has 1 saturated heterocycles. The molecule has 1 unspecified atom stereocenters. The number of carbonyl (C=O) groups is 1. The number of fused-ring (bicyclic) bond motifs is 1. The highest BCUT2D eigenvalue weighted by atomic mass is 16.4. The molecule has 0 aromatic heterocycles. The molecule has 0 radical (unpaired) electrons. The third-order valence-electron chi connectivity index (χ3n) is 8.59. The van der Waals surface area contributed by atoms with Crippen molar-refractivity contribution < 1.29 is 14.8 Å². The summed E-state index contributed by atoms with van der Waals surface area (Å²) in [5, 5.41) is 10.1. The number of carboxylic acid groups (broad SMARTS) is 1. The topological polar surface area (TPSA) is 67.8 Å². The number of hydrogen-bond donors (Lipinski definition) is 3. The molecule has 3 bridgehead atoms. The van der Waals surface area contributed by atoms with Gasteiger partial charge in [0.05, 0.1) is 19.6 Å². The van der Waals surface area contributed by atoms with E-state index >= 15 is 0 Å². The average Bonchev–Trinajstić information content (AvgIpc) is 2.80. The van der Waals surface area contributed by atoms with E-state index in [9.17, 15) is 9.90 Å². The number of aliphatic carboxylic acids is 1. The highest BCUT2D eigenvalue weighted by Gasteiger charge is 2.48. The van der Waals surface area contributed by atoms with Crippen LogP contribution in [0.2, 0.25) is 0 Å². The lowest BCUT2D eigenvalue weighted by Crippen LogP contribution is -3.14. The Morgan fingerprint density at radius 3 is 2.24 bits per heavy atom.